The monoisotopic (exact) mass is 524 g/mol. The Morgan fingerprint density at radius 1 is 0.974 bits per heavy atom. The molecule has 2 N–H and O–H groups in total. The van der Waals surface area contributed by atoms with Crippen molar-refractivity contribution < 1.29 is 22.4 Å². The van der Waals surface area contributed by atoms with Crippen molar-refractivity contribution in [2.45, 2.75) is 69.0 Å². The first-order valence-corrected chi connectivity index (χ1v) is 13.1. The molecule has 2 fully saturated rings. The topological polar surface area (TPSA) is 73.8 Å². The minimum atomic E-state index is -4.47. The van der Waals surface area contributed by atoms with Crippen LogP contribution < -0.4 is 5.73 Å². The Balaban J connectivity index is 1.35. The van der Waals surface area contributed by atoms with Gasteiger partial charge in [0.25, 0.3) is 0 Å². The molecule has 198 valence electrons. The van der Waals surface area contributed by atoms with E-state index in [9.17, 15) is 22.4 Å². The molecule has 4 aromatic rings. The molecule has 0 aliphatic heterocycles. The molecule has 2 aliphatic rings. The zero-order valence-electron chi connectivity index (χ0n) is 20.7. The van der Waals surface area contributed by atoms with Crippen LogP contribution in [0.15, 0.2) is 48.7 Å². The maximum atomic E-state index is 14.8. The number of alkyl halides is 3. The van der Waals surface area contributed by atoms with Crippen molar-refractivity contribution in [2.24, 2.45) is 11.7 Å². The van der Waals surface area contributed by atoms with Crippen LogP contribution in [0.4, 0.5) is 17.6 Å². The number of primary amides is 1. The summed E-state index contributed by atoms with van der Waals surface area (Å²) in [6.45, 7) is 0. The number of rotatable bonds is 5. The van der Waals surface area contributed by atoms with Crippen molar-refractivity contribution in [3.05, 3.63) is 71.4 Å². The third kappa shape index (κ3) is 4.31. The van der Waals surface area contributed by atoms with E-state index in [4.69, 9.17) is 5.73 Å². The van der Waals surface area contributed by atoms with Crippen molar-refractivity contribution in [3.63, 3.8) is 0 Å². The van der Waals surface area contributed by atoms with Crippen LogP contribution in [0.25, 0.3) is 21.9 Å². The van der Waals surface area contributed by atoms with Crippen LogP contribution in [-0.2, 0) is 0 Å². The molecule has 2 saturated carbocycles. The Kier molecular flexibility index (Phi) is 6.12. The number of hydrogen-bond donors (Lipinski definition) is 1. The van der Waals surface area contributed by atoms with Gasteiger partial charge in [0.05, 0.1) is 16.6 Å². The SMILES string of the molecule is NC(=O)c1ccc2c(c1)nc(C(C1CCC(c3ccnc4ccc(F)cc34)CC1)C(F)(F)F)n2C1CCC1. The summed E-state index contributed by atoms with van der Waals surface area (Å²) in [5.41, 5.74) is 8.26. The number of aromatic nitrogens is 3. The van der Waals surface area contributed by atoms with E-state index in [1.165, 1.54) is 18.2 Å². The number of nitrogens with zero attached hydrogens (tertiary/aromatic N) is 3. The number of hydrogen-bond acceptors (Lipinski definition) is 3. The second-order valence-corrected chi connectivity index (χ2v) is 10.7. The van der Waals surface area contributed by atoms with E-state index in [1.54, 1.807) is 29.0 Å². The zero-order chi connectivity index (χ0) is 26.6. The fraction of sp³-hybridized carbons (Fsp3) is 0.414. The minimum absolute atomic E-state index is 0.0336. The molecule has 2 aliphatic carbocycles. The molecule has 1 amide bonds. The molecule has 2 aromatic heterocycles. The number of fused-ring (bicyclic) bond motifs is 2. The molecule has 5 nitrogen and oxygen atoms in total. The predicted octanol–water partition coefficient (Wildman–Crippen LogP) is 7.17. The highest BCUT2D eigenvalue weighted by Gasteiger charge is 2.50. The number of amides is 1. The molecule has 0 saturated heterocycles. The first-order chi connectivity index (χ1) is 18.2. The molecule has 1 atom stereocenters. The molecule has 38 heavy (non-hydrogen) atoms. The molecule has 9 heteroatoms. The van der Waals surface area contributed by atoms with Gasteiger partial charge in [-0.05, 0) is 105 Å². The van der Waals surface area contributed by atoms with Crippen LogP contribution in [0.3, 0.4) is 0 Å². The van der Waals surface area contributed by atoms with E-state index < -0.39 is 23.9 Å². The van der Waals surface area contributed by atoms with Crippen LogP contribution in [0, 0.1) is 11.7 Å². The Hall–Kier alpha value is -3.49. The molecule has 2 heterocycles. The van der Waals surface area contributed by atoms with Gasteiger partial charge in [-0.1, -0.05) is 0 Å². The summed E-state index contributed by atoms with van der Waals surface area (Å²) in [6, 6.07) is 11.0. The Morgan fingerprint density at radius 3 is 2.39 bits per heavy atom. The highest BCUT2D eigenvalue weighted by atomic mass is 19.4. The summed E-state index contributed by atoms with van der Waals surface area (Å²) in [5.74, 6) is -3.25. The molecular weight excluding hydrogens is 496 g/mol. The van der Waals surface area contributed by atoms with Gasteiger partial charge < -0.3 is 10.3 Å². The highest BCUT2D eigenvalue weighted by molar-refractivity contribution is 5.96. The minimum Gasteiger partial charge on any atom is -0.366 e. The van der Waals surface area contributed by atoms with Crippen molar-refractivity contribution in [2.75, 3.05) is 0 Å². The van der Waals surface area contributed by atoms with E-state index in [1.807, 2.05) is 6.07 Å². The largest absolute Gasteiger partial charge is 0.399 e. The lowest BCUT2D eigenvalue weighted by Gasteiger charge is -2.37. The van der Waals surface area contributed by atoms with Crippen LogP contribution in [0.1, 0.15) is 84.6 Å². The van der Waals surface area contributed by atoms with Crippen LogP contribution >= 0.6 is 0 Å². The van der Waals surface area contributed by atoms with E-state index in [-0.39, 0.29) is 29.2 Å². The van der Waals surface area contributed by atoms with Crippen LogP contribution in [0.2, 0.25) is 0 Å². The van der Waals surface area contributed by atoms with E-state index in [0.717, 1.165) is 30.2 Å². The normalized spacial score (nSPS) is 21.5. The summed E-state index contributed by atoms with van der Waals surface area (Å²) in [6.07, 6.45) is 1.69. The van der Waals surface area contributed by atoms with Gasteiger partial charge >= 0.3 is 6.18 Å². The van der Waals surface area contributed by atoms with Crippen molar-refractivity contribution >= 4 is 27.8 Å². The number of imidazole rings is 1. The third-order valence-corrected chi connectivity index (χ3v) is 8.49. The summed E-state index contributed by atoms with van der Waals surface area (Å²) >= 11 is 0. The van der Waals surface area contributed by atoms with Crippen LogP contribution in [0.5, 0.6) is 0 Å². The van der Waals surface area contributed by atoms with Crippen molar-refractivity contribution in [3.8, 4) is 0 Å². The smallest absolute Gasteiger partial charge is 0.366 e. The molecule has 0 spiro atoms. The number of nitrogens with two attached hydrogens (primary N) is 1. The maximum absolute atomic E-state index is 14.8. The number of halogens is 4. The quantitative estimate of drug-likeness (QED) is 0.281. The van der Waals surface area contributed by atoms with Gasteiger partial charge in [0.15, 0.2) is 0 Å². The van der Waals surface area contributed by atoms with E-state index >= 15 is 0 Å². The molecule has 6 rings (SSSR count). The summed E-state index contributed by atoms with van der Waals surface area (Å²) in [5, 5.41) is 0.723. The average Bonchev–Trinajstić information content (AvgIpc) is 3.20. The first-order valence-electron chi connectivity index (χ1n) is 13.1. The standard InChI is InChI=1S/C29H28F4N4O/c30-19-9-10-23-22(15-19)21(12-13-35-23)16-4-6-17(7-5-16)26(29(31,32)33)28-36-24-14-18(27(34)38)8-11-25(24)37(28)20-2-1-3-20/h8-17,20,26H,1-7H2,(H2,34,38). The van der Waals surface area contributed by atoms with E-state index in [0.29, 0.717) is 42.2 Å². The molecule has 0 bridgehead atoms. The zero-order valence-corrected chi connectivity index (χ0v) is 20.7. The Bertz CT molecular complexity index is 1520. The van der Waals surface area contributed by atoms with E-state index in [2.05, 4.69) is 9.97 Å². The number of benzene rings is 2. The van der Waals surface area contributed by atoms with Gasteiger partial charge in [-0.3, -0.25) is 9.78 Å². The fourth-order valence-electron chi connectivity index (χ4n) is 6.40. The second-order valence-electron chi connectivity index (χ2n) is 10.7. The van der Waals surface area contributed by atoms with Crippen LogP contribution in [-0.4, -0.2) is 26.6 Å². The van der Waals surface area contributed by atoms with Crippen molar-refractivity contribution in [1.82, 2.24) is 14.5 Å². The lowest BCUT2D eigenvalue weighted by Crippen LogP contribution is -2.34. The average molecular weight is 525 g/mol. The van der Waals surface area contributed by atoms with Gasteiger partial charge in [0.2, 0.25) is 5.91 Å². The lowest BCUT2D eigenvalue weighted by atomic mass is 9.72. The molecule has 2 aromatic carbocycles. The highest BCUT2D eigenvalue weighted by Crippen LogP contribution is 2.50. The second kappa shape index (κ2) is 9.36. The predicted molar refractivity (Wildman–Crippen MR) is 136 cm³/mol. The third-order valence-electron chi connectivity index (χ3n) is 8.49. The summed E-state index contributed by atoms with van der Waals surface area (Å²) in [4.78, 5) is 20.5. The molecular formula is C29H28F4N4O. The summed E-state index contributed by atoms with van der Waals surface area (Å²) < 4.78 is 60.1. The van der Waals surface area contributed by atoms with Gasteiger partial charge in [0.1, 0.15) is 17.6 Å². The number of carbonyl (C=O) groups is 1. The Morgan fingerprint density at radius 2 is 1.74 bits per heavy atom. The number of pyridine rings is 1. The van der Waals surface area contributed by atoms with Gasteiger partial charge in [-0.2, -0.15) is 13.2 Å². The summed E-state index contributed by atoms with van der Waals surface area (Å²) in [7, 11) is 0. The van der Waals surface area contributed by atoms with Gasteiger partial charge in [-0.25, -0.2) is 9.37 Å². The molecule has 0 radical (unpaired) electrons. The fourth-order valence-corrected chi connectivity index (χ4v) is 6.40. The maximum Gasteiger partial charge on any atom is 0.399 e. The van der Waals surface area contributed by atoms with Gasteiger partial charge in [-0.15, -0.1) is 0 Å². The first kappa shape index (κ1) is 24.8. The van der Waals surface area contributed by atoms with Gasteiger partial charge in [0, 0.05) is 23.2 Å². The number of carbonyl (C=O) groups excluding carboxylic acids is 1. The Labute approximate surface area is 217 Å². The lowest BCUT2D eigenvalue weighted by molar-refractivity contribution is -0.167. The molecule has 1 unspecified atom stereocenters. The van der Waals surface area contributed by atoms with Crippen molar-refractivity contribution in [1.29, 1.82) is 0 Å².